The molecule has 0 fully saturated rings. The fourth-order valence-corrected chi connectivity index (χ4v) is 3.45. The zero-order valence-electron chi connectivity index (χ0n) is 14.2. The van der Waals surface area contributed by atoms with Crippen LogP contribution in [0.5, 0.6) is 5.75 Å². The van der Waals surface area contributed by atoms with Crippen molar-refractivity contribution in [3.8, 4) is 11.8 Å². The van der Waals surface area contributed by atoms with Crippen molar-refractivity contribution in [1.82, 2.24) is 5.32 Å². The summed E-state index contributed by atoms with van der Waals surface area (Å²) in [6.07, 6.45) is 3.68. The Hall–Kier alpha value is -2.58. The molecule has 3 rings (SSSR count). The van der Waals surface area contributed by atoms with E-state index in [1.807, 2.05) is 30.3 Å². The standard InChI is InChI=1S/C20H21N3OS/c1-24-17-9-10-18-15(13-17)3-2-4-19(18)23-20(25)22-16-7-5-14(6-8-16)11-12-21/h5-10,13,19H,2-4,11H2,1H3,(H2,22,23,25). The third kappa shape index (κ3) is 4.28. The normalized spacial score (nSPS) is 15.6. The number of anilines is 1. The Balaban J connectivity index is 1.65. The van der Waals surface area contributed by atoms with Gasteiger partial charge >= 0.3 is 0 Å². The molecule has 2 aromatic carbocycles. The number of aryl methyl sites for hydroxylation is 1. The Morgan fingerprint density at radius 1 is 1.28 bits per heavy atom. The lowest BCUT2D eigenvalue weighted by atomic mass is 9.87. The fourth-order valence-electron chi connectivity index (χ4n) is 3.19. The zero-order chi connectivity index (χ0) is 17.6. The van der Waals surface area contributed by atoms with Crippen LogP contribution in [0.2, 0.25) is 0 Å². The van der Waals surface area contributed by atoms with Gasteiger partial charge in [-0.3, -0.25) is 0 Å². The number of nitriles is 1. The molecule has 128 valence electrons. The molecule has 0 amide bonds. The van der Waals surface area contributed by atoms with Gasteiger partial charge in [0.05, 0.1) is 25.6 Å². The minimum atomic E-state index is 0.215. The molecule has 25 heavy (non-hydrogen) atoms. The Morgan fingerprint density at radius 2 is 2.08 bits per heavy atom. The number of nitrogens with one attached hydrogen (secondary N) is 2. The van der Waals surface area contributed by atoms with Gasteiger partial charge in [0.15, 0.2) is 5.11 Å². The maximum Gasteiger partial charge on any atom is 0.171 e. The van der Waals surface area contributed by atoms with Gasteiger partial charge in [-0.25, -0.2) is 0 Å². The van der Waals surface area contributed by atoms with E-state index in [4.69, 9.17) is 22.2 Å². The lowest BCUT2D eigenvalue weighted by Gasteiger charge is -2.28. The summed E-state index contributed by atoms with van der Waals surface area (Å²) in [7, 11) is 1.70. The monoisotopic (exact) mass is 351 g/mol. The summed E-state index contributed by atoms with van der Waals surface area (Å²) in [5.41, 5.74) is 4.54. The van der Waals surface area contributed by atoms with E-state index in [1.165, 1.54) is 11.1 Å². The topological polar surface area (TPSA) is 57.1 Å². The SMILES string of the molecule is COc1ccc2c(c1)CCCC2NC(=S)Nc1ccc(CC#N)cc1. The summed E-state index contributed by atoms with van der Waals surface area (Å²) in [6.45, 7) is 0. The van der Waals surface area contributed by atoms with Gasteiger partial charge in [-0.2, -0.15) is 5.26 Å². The second-order valence-corrected chi connectivity index (χ2v) is 6.55. The number of ether oxygens (including phenoxy) is 1. The third-order valence-electron chi connectivity index (χ3n) is 4.46. The summed E-state index contributed by atoms with van der Waals surface area (Å²) in [6, 6.07) is 16.4. The van der Waals surface area contributed by atoms with Gasteiger partial charge in [0, 0.05) is 5.69 Å². The highest BCUT2D eigenvalue weighted by Crippen LogP contribution is 2.32. The van der Waals surface area contributed by atoms with E-state index in [9.17, 15) is 0 Å². The van der Waals surface area contributed by atoms with Crippen molar-refractivity contribution < 1.29 is 4.74 Å². The smallest absolute Gasteiger partial charge is 0.171 e. The second kappa shape index (κ2) is 8.00. The van der Waals surface area contributed by atoms with Crippen LogP contribution in [-0.4, -0.2) is 12.2 Å². The summed E-state index contributed by atoms with van der Waals surface area (Å²) in [5.74, 6) is 0.901. The van der Waals surface area contributed by atoms with E-state index in [0.29, 0.717) is 11.5 Å². The number of rotatable bonds is 4. The number of fused-ring (bicyclic) bond motifs is 1. The molecule has 0 aliphatic heterocycles. The molecule has 1 aliphatic carbocycles. The van der Waals surface area contributed by atoms with E-state index < -0.39 is 0 Å². The molecule has 1 unspecified atom stereocenters. The first-order valence-electron chi connectivity index (χ1n) is 8.40. The van der Waals surface area contributed by atoms with Gasteiger partial charge in [-0.05, 0) is 72.4 Å². The summed E-state index contributed by atoms with van der Waals surface area (Å²) >= 11 is 5.48. The van der Waals surface area contributed by atoms with Gasteiger partial charge in [0.1, 0.15) is 5.75 Å². The quantitative estimate of drug-likeness (QED) is 0.811. The van der Waals surface area contributed by atoms with Crippen LogP contribution in [0.3, 0.4) is 0 Å². The van der Waals surface area contributed by atoms with Crippen molar-refractivity contribution in [2.24, 2.45) is 0 Å². The summed E-state index contributed by atoms with van der Waals surface area (Å²) in [4.78, 5) is 0. The Morgan fingerprint density at radius 3 is 2.80 bits per heavy atom. The van der Waals surface area contributed by atoms with E-state index in [1.54, 1.807) is 7.11 Å². The van der Waals surface area contributed by atoms with Crippen LogP contribution in [0.15, 0.2) is 42.5 Å². The van der Waals surface area contributed by atoms with Gasteiger partial charge < -0.3 is 15.4 Å². The number of hydrogen-bond donors (Lipinski definition) is 2. The van der Waals surface area contributed by atoms with Crippen LogP contribution < -0.4 is 15.4 Å². The molecule has 5 heteroatoms. The number of hydrogen-bond acceptors (Lipinski definition) is 3. The first-order chi connectivity index (χ1) is 12.2. The van der Waals surface area contributed by atoms with E-state index in [-0.39, 0.29) is 6.04 Å². The van der Waals surface area contributed by atoms with Gasteiger partial charge in [-0.1, -0.05) is 18.2 Å². The third-order valence-corrected chi connectivity index (χ3v) is 4.68. The van der Waals surface area contributed by atoms with Crippen LogP contribution in [0, 0.1) is 11.3 Å². The molecule has 0 spiro atoms. The van der Waals surface area contributed by atoms with Gasteiger partial charge in [0.25, 0.3) is 0 Å². The molecule has 1 atom stereocenters. The number of thiocarbonyl (C=S) groups is 1. The molecular weight excluding hydrogens is 330 g/mol. The highest BCUT2D eigenvalue weighted by molar-refractivity contribution is 7.80. The molecule has 0 bridgehead atoms. The summed E-state index contributed by atoms with van der Waals surface area (Å²) in [5, 5.41) is 16.0. The average molecular weight is 351 g/mol. The van der Waals surface area contributed by atoms with Crippen LogP contribution in [0.4, 0.5) is 5.69 Å². The zero-order valence-corrected chi connectivity index (χ0v) is 15.0. The molecule has 0 radical (unpaired) electrons. The fraction of sp³-hybridized carbons (Fsp3) is 0.300. The first kappa shape index (κ1) is 17.2. The van der Waals surface area contributed by atoms with Crippen molar-refractivity contribution in [3.63, 3.8) is 0 Å². The van der Waals surface area contributed by atoms with E-state index in [2.05, 4.69) is 28.8 Å². The molecule has 1 aliphatic rings. The van der Waals surface area contributed by atoms with E-state index >= 15 is 0 Å². The molecule has 0 aromatic heterocycles. The lowest BCUT2D eigenvalue weighted by molar-refractivity contribution is 0.412. The maximum atomic E-state index is 8.73. The highest BCUT2D eigenvalue weighted by Gasteiger charge is 2.21. The van der Waals surface area contributed by atoms with Crippen LogP contribution in [0.1, 0.15) is 35.6 Å². The largest absolute Gasteiger partial charge is 0.497 e. The molecule has 4 nitrogen and oxygen atoms in total. The predicted molar refractivity (Wildman–Crippen MR) is 104 cm³/mol. The van der Waals surface area contributed by atoms with E-state index in [0.717, 1.165) is 36.3 Å². The minimum Gasteiger partial charge on any atom is -0.497 e. The minimum absolute atomic E-state index is 0.215. The number of nitrogens with zero attached hydrogens (tertiary/aromatic N) is 1. The number of methoxy groups -OCH3 is 1. The molecule has 0 saturated heterocycles. The highest BCUT2D eigenvalue weighted by atomic mass is 32.1. The summed E-state index contributed by atoms with van der Waals surface area (Å²) < 4.78 is 5.32. The van der Waals surface area contributed by atoms with Crippen molar-refractivity contribution in [3.05, 3.63) is 59.2 Å². The number of benzene rings is 2. The van der Waals surface area contributed by atoms with Crippen LogP contribution in [-0.2, 0) is 12.8 Å². The van der Waals surface area contributed by atoms with Crippen molar-refractivity contribution >= 4 is 23.0 Å². The van der Waals surface area contributed by atoms with Gasteiger partial charge in [-0.15, -0.1) is 0 Å². The maximum absolute atomic E-state index is 8.73. The molecule has 2 aromatic rings. The second-order valence-electron chi connectivity index (χ2n) is 6.14. The first-order valence-corrected chi connectivity index (χ1v) is 8.80. The molecular formula is C20H21N3OS. The van der Waals surface area contributed by atoms with Crippen molar-refractivity contribution in [1.29, 1.82) is 5.26 Å². The average Bonchev–Trinajstić information content (AvgIpc) is 2.63. The Labute approximate surface area is 153 Å². The predicted octanol–water partition coefficient (Wildman–Crippen LogP) is 4.13. The van der Waals surface area contributed by atoms with Gasteiger partial charge in [0.2, 0.25) is 0 Å². The van der Waals surface area contributed by atoms with Crippen LogP contribution in [0.25, 0.3) is 0 Å². The molecule has 2 N–H and O–H groups in total. The Kier molecular flexibility index (Phi) is 5.52. The molecule has 0 saturated carbocycles. The van der Waals surface area contributed by atoms with Crippen LogP contribution >= 0.6 is 12.2 Å². The van der Waals surface area contributed by atoms with Crippen molar-refractivity contribution in [2.45, 2.75) is 31.7 Å². The molecule has 0 heterocycles. The lowest BCUT2D eigenvalue weighted by Crippen LogP contribution is -2.34. The Bertz CT molecular complexity index is 796. The van der Waals surface area contributed by atoms with Crippen molar-refractivity contribution in [2.75, 3.05) is 12.4 Å².